The first-order chi connectivity index (χ1) is 17.3. The predicted octanol–water partition coefficient (Wildman–Crippen LogP) is 1.79. The van der Waals surface area contributed by atoms with Gasteiger partial charge in [-0.15, -0.1) is 0 Å². The zero-order valence-corrected chi connectivity index (χ0v) is 22.1. The van der Waals surface area contributed by atoms with Gasteiger partial charge in [-0.1, -0.05) is 35.3 Å². The fraction of sp³-hybridized carbons (Fsp3) is 0.333. The molecule has 3 atom stereocenters. The first-order valence-electron chi connectivity index (χ1n) is 11.2. The Hall–Kier alpha value is -2.73. The van der Waals surface area contributed by atoms with E-state index in [0.717, 1.165) is 4.90 Å². The Morgan fingerprint density at radius 1 is 1.22 bits per heavy atom. The first kappa shape index (κ1) is 27.3. The standard InChI is InChI=1S/C24H23Cl2FN4O5S/c1-13(2)30-12-24(37(35,36)20-8-5-15(25)10-17(20)26)29-18(22(28)33)11-21(32)31(24)19(23(30)34)9-14-3-6-16(27)7-4-14/h3-8,10,13,18-19,29H,9,12H2,1-2H3,(H2,28,33). The van der Waals surface area contributed by atoms with Crippen LogP contribution in [0.15, 0.2) is 47.4 Å². The van der Waals surface area contributed by atoms with Crippen LogP contribution in [-0.2, 0) is 30.6 Å². The molecular weight excluding hydrogens is 546 g/mol. The van der Waals surface area contributed by atoms with E-state index >= 15 is 0 Å². The summed E-state index contributed by atoms with van der Waals surface area (Å²) in [5.41, 5.74) is 5.92. The van der Waals surface area contributed by atoms with Crippen LogP contribution in [-0.4, -0.2) is 65.6 Å². The second-order valence-electron chi connectivity index (χ2n) is 9.07. The maximum Gasteiger partial charge on any atom is 0.246 e. The van der Waals surface area contributed by atoms with E-state index in [1.54, 1.807) is 13.8 Å². The van der Waals surface area contributed by atoms with Crippen molar-refractivity contribution < 1.29 is 27.2 Å². The van der Waals surface area contributed by atoms with E-state index in [-0.39, 0.29) is 21.4 Å². The highest BCUT2D eigenvalue weighted by molar-refractivity contribution is 7.93. The predicted molar refractivity (Wildman–Crippen MR) is 133 cm³/mol. The molecule has 13 heteroatoms. The Bertz CT molecular complexity index is 1370. The molecule has 2 aliphatic rings. The summed E-state index contributed by atoms with van der Waals surface area (Å²) in [7, 11) is -4.65. The molecule has 2 heterocycles. The van der Waals surface area contributed by atoms with Crippen molar-refractivity contribution in [2.75, 3.05) is 6.54 Å². The van der Waals surface area contributed by atoms with E-state index < -0.39 is 63.0 Å². The monoisotopic (exact) mass is 568 g/mol. The van der Waals surface area contributed by atoms with Gasteiger partial charge in [-0.3, -0.25) is 24.6 Å². The van der Waals surface area contributed by atoms with Crippen LogP contribution < -0.4 is 11.1 Å². The smallest absolute Gasteiger partial charge is 0.246 e. The highest BCUT2D eigenvalue weighted by Crippen LogP contribution is 2.41. The van der Waals surface area contributed by atoms with Crippen LogP contribution in [0.3, 0.4) is 0 Å². The van der Waals surface area contributed by atoms with Gasteiger partial charge in [-0.2, -0.15) is 0 Å². The summed E-state index contributed by atoms with van der Waals surface area (Å²) in [6.45, 7) is 2.85. The number of primary amides is 1. The molecule has 2 aromatic carbocycles. The van der Waals surface area contributed by atoms with E-state index in [0.29, 0.717) is 5.56 Å². The number of piperazine rings is 1. The van der Waals surface area contributed by atoms with E-state index in [1.807, 2.05) is 0 Å². The molecule has 2 radical (unpaired) electrons. The molecule has 2 saturated heterocycles. The zero-order chi connectivity index (χ0) is 27.3. The van der Waals surface area contributed by atoms with E-state index in [2.05, 4.69) is 11.7 Å². The third-order valence-corrected chi connectivity index (χ3v) is 9.32. The number of carbonyl (C=O) groups excluding carboxylic acids is 3. The third-order valence-electron chi connectivity index (χ3n) is 6.39. The van der Waals surface area contributed by atoms with Gasteiger partial charge in [0.25, 0.3) is 0 Å². The second-order valence-corrected chi connectivity index (χ2v) is 12.0. The highest BCUT2D eigenvalue weighted by Gasteiger charge is 2.64. The van der Waals surface area contributed by atoms with Crippen molar-refractivity contribution in [2.24, 2.45) is 5.73 Å². The minimum atomic E-state index is -4.65. The van der Waals surface area contributed by atoms with Gasteiger partial charge in [0.15, 0.2) is 0 Å². The van der Waals surface area contributed by atoms with E-state index in [1.165, 1.54) is 47.4 Å². The van der Waals surface area contributed by atoms with Gasteiger partial charge >= 0.3 is 0 Å². The number of sulfone groups is 1. The molecule has 2 fully saturated rings. The maximum absolute atomic E-state index is 14.4. The number of benzene rings is 2. The normalized spacial score (nSPS) is 24.4. The lowest BCUT2D eigenvalue weighted by molar-refractivity contribution is -0.164. The molecule has 3 amide bonds. The number of halogens is 3. The van der Waals surface area contributed by atoms with Gasteiger partial charge in [0.05, 0.1) is 16.5 Å². The topological polar surface area (TPSA) is 130 Å². The second kappa shape index (κ2) is 9.86. The number of rotatable bonds is 6. The number of carbonyl (C=O) groups is 3. The van der Waals surface area contributed by atoms with E-state index in [9.17, 15) is 27.2 Å². The third kappa shape index (κ3) is 4.69. The van der Waals surface area contributed by atoms with Gasteiger partial charge in [0, 0.05) is 17.5 Å². The van der Waals surface area contributed by atoms with Crippen LogP contribution in [0.5, 0.6) is 0 Å². The molecule has 0 aliphatic carbocycles. The molecule has 2 aromatic rings. The van der Waals surface area contributed by atoms with Crippen LogP contribution in [0, 0.1) is 12.2 Å². The number of nitrogens with zero attached hydrogens (tertiary/aromatic N) is 2. The molecule has 0 aromatic heterocycles. The molecule has 3 unspecified atom stereocenters. The number of hydrogen-bond donors (Lipinski definition) is 2. The van der Waals surface area contributed by atoms with Gasteiger partial charge in [0.1, 0.15) is 24.3 Å². The van der Waals surface area contributed by atoms with Crippen LogP contribution in [0.4, 0.5) is 4.39 Å². The van der Waals surface area contributed by atoms with Crippen LogP contribution in [0.1, 0.15) is 19.4 Å². The Morgan fingerprint density at radius 2 is 1.86 bits per heavy atom. The summed E-state index contributed by atoms with van der Waals surface area (Å²) >= 11 is 12.3. The van der Waals surface area contributed by atoms with Crippen LogP contribution >= 0.6 is 23.2 Å². The average Bonchev–Trinajstić information content (AvgIpc) is 2.81. The van der Waals surface area contributed by atoms with Crippen molar-refractivity contribution in [1.29, 1.82) is 0 Å². The van der Waals surface area contributed by atoms with E-state index in [4.69, 9.17) is 28.9 Å². The summed E-state index contributed by atoms with van der Waals surface area (Å²) in [6, 6.07) is 5.59. The van der Waals surface area contributed by atoms with Crippen molar-refractivity contribution in [3.05, 3.63) is 70.3 Å². The number of fused-ring (bicyclic) bond motifs is 1. The van der Waals surface area contributed by atoms with Crippen molar-refractivity contribution in [3.63, 3.8) is 0 Å². The molecule has 3 N–H and O–H groups in total. The Labute approximate surface area is 223 Å². The lowest BCUT2D eigenvalue weighted by Crippen LogP contribution is -2.83. The van der Waals surface area contributed by atoms with Crippen LogP contribution in [0.2, 0.25) is 10.0 Å². The van der Waals surface area contributed by atoms with Crippen molar-refractivity contribution in [1.82, 2.24) is 15.1 Å². The van der Waals surface area contributed by atoms with Gasteiger partial charge in [0.2, 0.25) is 32.6 Å². The minimum absolute atomic E-state index is 0.135. The molecular formula is C24H23Cl2FN4O5S. The molecule has 37 heavy (non-hydrogen) atoms. The number of amides is 3. The van der Waals surface area contributed by atoms with Gasteiger partial charge in [-0.25, -0.2) is 12.8 Å². The number of nitrogens with two attached hydrogens (primary N) is 1. The Kier molecular flexibility index (Phi) is 7.28. The molecule has 0 bridgehead atoms. The average molecular weight is 569 g/mol. The zero-order valence-electron chi connectivity index (χ0n) is 19.7. The summed E-state index contributed by atoms with van der Waals surface area (Å²) in [5, 5.41) is 2.66. The molecule has 196 valence electrons. The van der Waals surface area contributed by atoms with Gasteiger partial charge < -0.3 is 10.6 Å². The van der Waals surface area contributed by atoms with Gasteiger partial charge in [-0.05, 0) is 49.7 Å². The summed E-state index contributed by atoms with van der Waals surface area (Å²) < 4.78 is 42.2. The SMILES string of the molecule is CC(C)N1CC2(S(=O)(=O)c3ccc(Cl)cc3Cl)NC(C(N)=O)[C]C(=O)N2C(Cc2ccc(F)cc2)C1=O. The Balaban J connectivity index is 1.96. The quantitative estimate of drug-likeness (QED) is 0.546. The molecule has 4 rings (SSSR count). The molecule has 9 nitrogen and oxygen atoms in total. The number of hydrogen-bond acceptors (Lipinski definition) is 6. The summed E-state index contributed by atoms with van der Waals surface area (Å²) in [5.74, 6) is -3.06. The largest absolute Gasteiger partial charge is 0.368 e. The minimum Gasteiger partial charge on any atom is -0.368 e. The van der Waals surface area contributed by atoms with Crippen LogP contribution in [0.25, 0.3) is 0 Å². The molecule has 0 spiro atoms. The highest BCUT2D eigenvalue weighted by atomic mass is 35.5. The van der Waals surface area contributed by atoms with Crippen molar-refractivity contribution in [2.45, 2.75) is 48.3 Å². The first-order valence-corrected chi connectivity index (χ1v) is 13.4. The number of nitrogens with one attached hydrogen (secondary N) is 1. The fourth-order valence-electron chi connectivity index (χ4n) is 4.58. The fourth-order valence-corrected chi connectivity index (χ4v) is 7.27. The Morgan fingerprint density at radius 3 is 2.43 bits per heavy atom. The summed E-state index contributed by atoms with van der Waals surface area (Å²) in [4.78, 5) is 38.7. The molecule has 0 saturated carbocycles. The maximum atomic E-state index is 14.4. The molecule has 2 aliphatic heterocycles. The lowest BCUT2D eigenvalue weighted by Gasteiger charge is -2.56. The van der Waals surface area contributed by atoms with Crippen molar-refractivity contribution >= 4 is 50.8 Å². The summed E-state index contributed by atoms with van der Waals surface area (Å²) in [6.07, 6.45) is 2.19. The van der Waals surface area contributed by atoms with Crippen molar-refractivity contribution in [3.8, 4) is 0 Å². The lowest BCUT2D eigenvalue weighted by atomic mass is 9.95.